The molecule has 0 fully saturated rings. The number of thioether (sulfide) groups is 1. The van der Waals surface area contributed by atoms with Crippen LogP contribution in [0.5, 0.6) is 0 Å². The predicted molar refractivity (Wildman–Crippen MR) is 202 cm³/mol. The number of ether oxygens (including phenoxy) is 1. The molecule has 1 aliphatic rings. The van der Waals surface area contributed by atoms with E-state index in [9.17, 15) is 14.7 Å². The Balaban J connectivity index is 1.45. The van der Waals surface area contributed by atoms with Crippen LogP contribution in [0.1, 0.15) is 24.4 Å². The van der Waals surface area contributed by atoms with Crippen LogP contribution in [-0.4, -0.2) is 29.3 Å². The lowest BCUT2D eigenvalue weighted by Gasteiger charge is -2.18. The zero-order chi connectivity index (χ0) is 34.1. The highest BCUT2D eigenvalue weighted by molar-refractivity contribution is 8.04. The summed E-state index contributed by atoms with van der Waals surface area (Å²) in [5, 5.41) is 14.3. The zero-order valence-electron chi connectivity index (χ0n) is 27.3. The molecule has 0 saturated heterocycles. The van der Waals surface area contributed by atoms with Crippen LogP contribution in [0, 0.1) is 0 Å². The molecule has 7 rings (SSSR count). The smallest absolute Gasteiger partial charge is 0.323 e. The average molecular weight is 705 g/mol. The van der Waals surface area contributed by atoms with Crippen LogP contribution in [0.2, 0.25) is 0 Å². The van der Waals surface area contributed by atoms with Crippen molar-refractivity contribution in [2.45, 2.75) is 31.8 Å². The number of methoxy groups -OCH3 is 1. The number of aromatic nitrogens is 2. The van der Waals surface area contributed by atoms with Gasteiger partial charge in [-0.05, 0) is 48.4 Å². The first kappa shape index (κ1) is 32.6. The fraction of sp³-hybridized carbons (Fsp3) is 0.154. The second kappa shape index (κ2) is 13.9. The van der Waals surface area contributed by atoms with Crippen molar-refractivity contribution in [3.8, 4) is 0 Å². The van der Waals surface area contributed by atoms with Crippen molar-refractivity contribution in [1.29, 1.82) is 0 Å². The molecule has 10 heteroatoms. The quantitative estimate of drug-likeness (QED) is 0.132. The summed E-state index contributed by atoms with van der Waals surface area (Å²) in [6.07, 6.45) is 5.79. The van der Waals surface area contributed by atoms with Crippen molar-refractivity contribution < 1.29 is 19.2 Å². The summed E-state index contributed by atoms with van der Waals surface area (Å²) < 4.78 is 11.5. The van der Waals surface area contributed by atoms with E-state index in [1.54, 1.807) is 36.3 Å². The first-order chi connectivity index (χ1) is 23.9. The highest BCUT2D eigenvalue weighted by Crippen LogP contribution is 2.49. The highest BCUT2D eigenvalue weighted by atomic mass is 32.2. The molecule has 0 saturated carbocycles. The molecular formula is C39H34N3O4S3+. The zero-order valence-corrected chi connectivity index (χ0v) is 29.7. The van der Waals surface area contributed by atoms with E-state index in [2.05, 4.69) is 71.9 Å². The van der Waals surface area contributed by atoms with Gasteiger partial charge in [0.1, 0.15) is 32.7 Å². The van der Waals surface area contributed by atoms with E-state index in [1.165, 1.54) is 31.6 Å². The molecule has 1 N–H and O–H groups in total. The molecule has 0 aliphatic carbocycles. The summed E-state index contributed by atoms with van der Waals surface area (Å²) >= 11 is 4.62. The summed E-state index contributed by atoms with van der Waals surface area (Å²) in [6, 6.07) is 30.7. The number of rotatable bonds is 9. The van der Waals surface area contributed by atoms with Gasteiger partial charge in [0.2, 0.25) is 5.52 Å². The SMILES string of the molecule is CCN1/C(=C\C(c2ccccc2)=c2\s/c(=C/C(=C\c3sc4ccccc4[n+]3CC)OC)n(CC(=O)O)c2=O)Sc2c1ccc1ccccc21. The van der Waals surface area contributed by atoms with E-state index < -0.39 is 12.5 Å². The Kier molecular flexibility index (Phi) is 9.27. The maximum atomic E-state index is 14.3. The minimum atomic E-state index is -1.09. The van der Waals surface area contributed by atoms with Gasteiger partial charge in [0.05, 0.1) is 23.9 Å². The van der Waals surface area contributed by atoms with Gasteiger partial charge in [0, 0.05) is 29.2 Å². The number of fused-ring (bicyclic) bond motifs is 4. The third-order valence-corrected chi connectivity index (χ3v) is 11.9. The van der Waals surface area contributed by atoms with E-state index in [1.807, 2.05) is 54.6 Å². The van der Waals surface area contributed by atoms with E-state index in [0.717, 1.165) is 50.2 Å². The van der Waals surface area contributed by atoms with Gasteiger partial charge in [-0.25, -0.2) is 0 Å². The molecule has 49 heavy (non-hydrogen) atoms. The minimum Gasteiger partial charge on any atom is -0.496 e. The number of aryl methyl sites for hydroxylation is 1. The molecule has 0 amide bonds. The summed E-state index contributed by atoms with van der Waals surface area (Å²) in [7, 11) is 1.59. The van der Waals surface area contributed by atoms with Gasteiger partial charge in [-0.2, -0.15) is 4.57 Å². The van der Waals surface area contributed by atoms with E-state index in [-0.39, 0.29) is 5.56 Å². The number of nitrogens with zero attached hydrogens (tertiary/aromatic N) is 3. The fourth-order valence-electron chi connectivity index (χ4n) is 6.16. The van der Waals surface area contributed by atoms with Gasteiger partial charge in [-0.15, -0.1) is 11.3 Å². The Bertz CT molecular complexity index is 2470. The molecule has 7 nitrogen and oxygen atoms in total. The number of carboxylic acids is 1. The molecule has 2 aromatic heterocycles. The van der Waals surface area contributed by atoms with Gasteiger partial charge in [-0.1, -0.05) is 95.9 Å². The summed E-state index contributed by atoms with van der Waals surface area (Å²) in [5.74, 6) is -0.575. The summed E-state index contributed by atoms with van der Waals surface area (Å²) in [4.78, 5) is 29.8. The molecule has 246 valence electrons. The fourth-order valence-corrected chi connectivity index (χ4v) is 9.76. The number of hydrogen-bond donors (Lipinski definition) is 1. The molecule has 0 unspecified atom stereocenters. The second-order valence-corrected chi connectivity index (χ2v) is 14.5. The van der Waals surface area contributed by atoms with E-state index in [4.69, 9.17) is 4.74 Å². The normalized spacial score (nSPS) is 15.0. The molecule has 0 bridgehead atoms. The van der Waals surface area contributed by atoms with Crippen LogP contribution in [0.15, 0.2) is 118 Å². The monoisotopic (exact) mass is 704 g/mol. The number of allylic oxidation sites excluding steroid dienone is 2. The maximum absolute atomic E-state index is 14.3. The van der Waals surface area contributed by atoms with Gasteiger partial charge >= 0.3 is 5.97 Å². The molecule has 6 aromatic rings. The lowest BCUT2D eigenvalue weighted by atomic mass is 10.1. The number of carbonyl (C=O) groups is 1. The Morgan fingerprint density at radius 3 is 2.43 bits per heavy atom. The molecule has 0 radical (unpaired) electrons. The number of carboxylic acid groups (broad SMARTS) is 1. The topological polar surface area (TPSA) is 75.7 Å². The number of anilines is 1. The van der Waals surface area contributed by atoms with E-state index in [0.29, 0.717) is 15.0 Å². The summed E-state index contributed by atoms with van der Waals surface area (Å²) in [5.41, 5.74) is 3.52. The van der Waals surface area contributed by atoms with Gasteiger partial charge < -0.3 is 14.7 Å². The molecule has 0 atom stereocenters. The average Bonchev–Trinajstić information content (AvgIpc) is 3.77. The van der Waals surface area contributed by atoms with Crippen LogP contribution < -0.4 is 24.2 Å². The standard InChI is InChI=1S/C39H33N3O4S3/c1-4-40-30-17-11-12-18-32(30)47-33(40)21-27(46-3)22-34-42(24-36(43)44)39(45)38(49-34)29(25-13-7-6-8-14-25)23-35-41(5-2)31-20-19-26-15-9-10-16-28(26)37(31)48-35/h6-23H,4-5,24H2,1-3H3/p+1/b35-23+,38-29-. The van der Waals surface area contributed by atoms with Crippen molar-refractivity contribution >= 4 is 84.8 Å². The molecule has 3 heterocycles. The van der Waals surface area contributed by atoms with Crippen LogP contribution >= 0.6 is 34.4 Å². The summed E-state index contributed by atoms with van der Waals surface area (Å²) in [6.45, 7) is 5.27. The van der Waals surface area contributed by atoms with Crippen molar-refractivity contribution in [2.75, 3.05) is 18.6 Å². The first-order valence-electron chi connectivity index (χ1n) is 16.0. The Morgan fingerprint density at radius 1 is 0.918 bits per heavy atom. The third kappa shape index (κ3) is 6.23. The van der Waals surface area contributed by atoms with Crippen LogP contribution in [-0.2, 0) is 22.6 Å². The third-order valence-electron chi connectivity index (χ3n) is 8.46. The van der Waals surface area contributed by atoms with Crippen molar-refractivity contribution in [1.82, 2.24) is 4.57 Å². The van der Waals surface area contributed by atoms with Crippen LogP contribution in [0.3, 0.4) is 0 Å². The van der Waals surface area contributed by atoms with E-state index >= 15 is 0 Å². The number of hydrogen-bond acceptors (Lipinski definition) is 7. The van der Waals surface area contributed by atoms with Crippen molar-refractivity contribution in [3.05, 3.63) is 138 Å². The number of aliphatic carboxylic acids is 1. The second-order valence-electron chi connectivity index (χ2n) is 11.3. The van der Waals surface area contributed by atoms with Crippen molar-refractivity contribution in [2.24, 2.45) is 0 Å². The number of benzene rings is 4. The molecule has 0 spiro atoms. The molecular weight excluding hydrogens is 671 g/mol. The Morgan fingerprint density at radius 2 is 1.67 bits per heavy atom. The van der Waals surface area contributed by atoms with Crippen molar-refractivity contribution in [3.63, 3.8) is 0 Å². The predicted octanol–water partition coefficient (Wildman–Crippen LogP) is 6.81. The van der Waals surface area contributed by atoms with Crippen LogP contribution in [0.25, 0.3) is 38.7 Å². The first-order valence-corrected chi connectivity index (χ1v) is 18.4. The number of thiazole rings is 2. The largest absolute Gasteiger partial charge is 0.496 e. The highest BCUT2D eigenvalue weighted by Gasteiger charge is 2.27. The molecule has 4 aromatic carbocycles. The van der Waals surface area contributed by atoms with Gasteiger partial charge in [-0.3, -0.25) is 14.2 Å². The lowest BCUT2D eigenvalue weighted by Crippen LogP contribution is -2.35. The lowest BCUT2D eigenvalue weighted by molar-refractivity contribution is -0.665. The maximum Gasteiger partial charge on any atom is 0.323 e. The minimum absolute atomic E-state index is 0.357. The Hall–Kier alpha value is -4.90. The van der Waals surface area contributed by atoms with Gasteiger partial charge in [0.25, 0.3) is 10.6 Å². The molecule has 1 aliphatic heterocycles. The van der Waals surface area contributed by atoms with Gasteiger partial charge in [0.15, 0.2) is 0 Å². The van der Waals surface area contributed by atoms with Crippen LogP contribution in [0.4, 0.5) is 5.69 Å². The Labute approximate surface area is 295 Å². The number of para-hydroxylation sites is 1.